The van der Waals surface area contributed by atoms with Gasteiger partial charge in [0.05, 0.1) is 7.11 Å². The maximum absolute atomic E-state index is 6.10. The van der Waals surface area contributed by atoms with E-state index < -0.39 is 0 Å². The van der Waals surface area contributed by atoms with E-state index in [4.69, 9.17) is 10.5 Å². The van der Waals surface area contributed by atoms with Crippen molar-refractivity contribution in [2.24, 2.45) is 5.73 Å². The van der Waals surface area contributed by atoms with Gasteiger partial charge in [0.1, 0.15) is 5.75 Å². The van der Waals surface area contributed by atoms with E-state index in [2.05, 4.69) is 31.8 Å². The van der Waals surface area contributed by atoms with Gasteiger partial charge in [-0.15, -0.1) is 0 Å². The zero-order valence-electron chi connectivity index (χ0n) is 10.9. The molecule has 17 heavy (non-hydrogen) atoms. The fourth-order valence-corrected chi connectivity index (χ4v) is 2.18. The smallest absolute Gasteiger partial charge is 0.120 e. The van der Waals surface area contributed by atoms with Gasteiger partial charge in [-0.2, -0.15) is 0 Å². The van der Waals surface area contributed by atoms with Crippen LogP contribution in [0.25, 0.3) is 10.9 Å². The molecule has 0 radical (unpaired) electrons. The van der Waals surface area contributed by atoms with Crippen LogP contribution in [0, 0.1) is 6.92 Å². The number of ether oxygens (including phenoxy) is 1. The molecule has 0 bridgehead atoms. The van der Waals surface area contributed by atoms with Crippen LogP contribution < -0.4 is 10.5 Å². The van der Waals surface area contributed by atoms with Crippen molar-refractivity contribution in [3.05, 3.63) is 29.5 Å². The minimum absolute atomic E-state index is 0.195. The maximum atomic E-state index is 6.10. The first-order chi connectivity index (χ1) is 7.90. The van der Waals surface area contributed by atoms with Gasteiger partial charge in [-0.3, -0.25) is 0 Å². The second-order valence-corrected chi connectivity index (χ2v) is 5.31. The molecule has 0 fully saturated rings. The summed E-state index contributed by atoms with van der Waals surface area (Å²) in [6.45, 7) is 6.19. The van der Waals surface area contributed by atoms with E-state index in [1.807, 2.05) is 12.1 Å². The molecule has 0 aliphatic carbocycles. The number of nitrogens with two attached hydrogens (primary N) is 1. The van der Waals surface area contributed by atoms with Crippen molar-refractivity contribution in [3.8, 4) is 5.75 Å². The number of benzene rings is 1. The van der Waals surface area contributed by atoms with Crippen LogP contribution in [-0.4, -0.2) is 17.6 Å². The highest BCUT2D eigenvalue weighted by molar-refractivity contribution is 5.86. The number of methoxy groups -OCH3 is 1. The van der Waals surface area contributed by atoms with Gasteiger partial charge in [-0.1, -0.05) is 0 Å². The largest absolute Gasteiger partial charge is 0.497 e. The van der Waals surface area contributed by atoms with Crippen LogP contribution in [0.3, 0.4) is 0 Å². The zero-order chi connectivity index (χ0) is 12.6. The summed E-state index contributed by atoms with van der Waals surface area (Å²) in [7, 11) is 1.68. The van der Waals surface area contributed by atoms with Crippen LogP contribution >= 0.6 is 0 Å². The molecule has 0 unspecified atom stereocenters. The van der Waals surface area contributed by atoms with Crippen LogP contribution in [-0.2, 0) is 6.42 Å². The number of hydrogen-bond donors (Lipinski definition) is 2. The Balaban J connectivity index is 2.52. The molecule has 2 aromatic rings. The number of H-pyrrole nitrogens is 1. The maximum Gasteiger partial charge on any atom is 0.120 e. The number of aryl methyl sites for hydroxylation is 1. The molecule has 0 saturated heterocycles. The Morgan fingerprint density at radius 2 is 2.06 bits per heavy atom. The number of fused-ring (bicyclic) bond motifs is 1. The van der Waals surface area contributed by atoms with Crippen LogP contribution in [0.5, 0.6) is 5.75 Å². The van der Waals surface area contributed by atoms with Crippen molar-refractivity contribution in [2.75, 3.05) is 7.11 Å². The average molecular weight is 232 g/mol. The molecule has 1 heterocycles. The van der Waals surface area contributed by atoms with E-state index in [-0.39, 0.29) is 5.54 Å². The summed E-state index contributed by atoms with van der Waals surface area (Å²) in [5.41, 5.74) is 9.51. The van der Waals surface area contributed by atoms with Gasteiger partial charge in [0.15, 0.2) is 0 Å². The molecular formula is C14H20N2O. The second kappa shape index (κ2) is 4.08. The quantitative estimate of drug-likeness (QED) is 0.855. The molecule has 3 nitrogen and oxygen atoms in total. The molecule has 1 aromatic heterocycles. The number of hydrogen-bond acceptors (Lipinski definition) is 2. The molecule has 0 amide bonds. The van der Waals surface area contributed by atoms with E-state index in [0.717, 1.165) is 17.7 Å². The predicted octanol–water partition coefficient (Wildman–Crippen LogP) is 2.76. The summed E-state index contributed by atoms with van der Waals surface area (Å²) in [4.78, 5) is 3.39. The zero-order valence-corrected chi connectivity index (χ0v) is 10.9. The lowest BCUT2D eigenvalue weighted by Crippen LogP contribution is -2.34. The van der Waals surface area contributed by atoms with Gasteiger partial charge in [-0.25, -0.2) is 0 Å². The lowest BCUT2D eigenvalue weighted by Gasteiger charge is -2.18. The van der Waals surface area contributed by atoms with E-state index in [1.54, 1.807) is 7.11 Å². The van der Waals surface area contributed by atoms with Crippen LogP contribution in [0.1, 0.15) is 25.1 Å². The minimum atomic E-state index is -0.195. The van der Waals surface area contributed by atoms with E-state index >= 15 is 0 Å². The molecule has 0 saturated carbocycles. The molecule has 2 rings (SSSR count). The van der Waals surface area contributed by atoms with Gasteiger partial charge < -0.3 is 15.5 Å². The van der Waals surface area contributed by atoms with Crippen LogP contribution in [0.15, 0.2) is 18.2 Å². The Kier molecular flexibility index (Phi) is 2.87. The molecule has 1 aromatic carbocycles. The van der Waals surface area contributed by atoms with Crippen LogP contribution in [0.2, 0.25) is 0 Å². The van der Waals surface area contributed by atoms with E-state index in [0.29, 0.717) is 0 Å². The Morgan fingerprint density at radius 1 is 1.35 bits per heavy atom. The standard InChI is InChI=1S/C14H20N2O/c1-9-12(8-14(2,3)15)11-6-5-10(17-4)7-13(11)16-9/h5-7,16H,8,15H2,1-4H3. The van der Waals surface area contributed by atoms with Crippen molar-refractivity contribution in [1.82, 2.24) is 4.98 Å². The number of aromatic nitrogens is 1. The third-order valence-electron chi connectivity index (χ3n) is 2.96. The highest BCUT2D eigenvalue weighted by Gasteiger charge is 2.17. The molecule has 0 spiro atoms. The highest BCUT2D eigenvalue weighted by Crippen LogP contribution is 2.28. The van der Waals surface area contributed by atoms with E-state index in [9.17, 15) is 0 Å². The summed E-state index contributed by atoms with van der Waals surface area (Å²) in [6.07, 6.45) is 0.866. The van der Waals surface area contributed by atoms with Crippen LogP contribution in [0.4, 0.5) is 0 Å². The van der Waals surface area contributed by atoms with Crippen molar-refractivity contribution in [3.63, 3.8) is 0 Å². The molecule has 0 aliphatic rings. The Labute approximate surface area is 102 Å². The van der Waals surface area contributed by atoms with Gasteiger partial charge in [0.2, 0.25) is 0 Å². The summed E-state index contributed by atoms with van der Waals surface area (Å²) < 4.78 is 5.23. The Hall–Kier alpha value is -1.48. The topological polar surface area (TPSA) is 51.0 Å². The number of rotatable bonds is 3. The van der Waals surface area contributed by atoms with Crippen molar-refractivity contribution in [1.29, 1.82) is 0 Å². The minimum Gasteiger partial charge on any atom is -0.497 e. The fourth-order valence-electron chi connectivity index (χ4n) is 2.18. The van der Waals surface area contributed by atoms with E-state index in [1.165, 1.54) is 16.6 Å². The van der Waals surface area contributed by atoms with Gasteiger partial charge in [0, 0.05) is 28.2 Å². The lowest BCUT2D eigenvalue weighted by molar-refractivity contribution is 0.415. The molecule has 0 atom stereocenters. The van der Waals surface area contributed by atoms with Crippen molar-refractivity contribution < 1.29 is 4.74 Å². The molecule has 92 valence electrons. The molecule has 0 aliphatic heterocycles. The summed E-state index contributed by atoms with van der Waals surface area (Å²) in [5, 5.41) is 1.24. The van der Waals surface area contributed by atoms with Gasteiger partial charge in [0.25, 0.3) is 0 Å². The highest BCUT2D eigenvalue weighted by atomic mass is 16.5. The van der Waals surface area contributed by atoms with Gasteiger partial charge >= 0.3 is 0 Å². The Morgan fingerprint density at radius 3 is 2.65 bits per heavy atom. The molecular weight excluding hydrogens is 212 g/mol. The lowest BCUT2D eigenvalue weighted by atomic mass is 9.94. The summed E-state index contributed by atoms with van der Waals surface area (Å²) in [5.74, 6) is 0.873. The third kappa shape index (κ3) is 2.44. The van der Waals surface area contributed by atoms with Gasteiger partial charge in [-0.05, 0) is 44.9 Å². The first-order valence-corrected chi connectivity index (χ1v) is 5.85. The monoisotopic (exact) mass is 232 g/mol. The Bertz CT molecular complexity index is 535. The summed E-state index contributed by atoms with van der Waals surface area (Å²) in [6, 6.07) is 6.11. The number of aromatic amines is 1. The molecule has 3 N–H and O–H groups in total. The second-order valence-electron chi connectivity index (χ2n) is 5.31. The number of nitrogens with one attached hydrogen (secondary N) is 1. The first kappa shape index (κ1) is 12.0. The van der Waals surface area contributed by atoms with Crippen molar-refractivity contribution in [2.45, 2.75) is 32.7 Å². The first-order valence-electron chi connectivity index (χ1n) is 5.85. The third-order valence-corrected chi connectivity index (χ3v) is 2.96. The normalized spacial score (nSPS) is 12.1. The average Bonchev–Trinajstić information content (AvgIpc) is 2.52. The predicted molar refractivity (Wildman–Crippen MR) is 71.6 cm³/mol. The van der Waals surface area contributed by atoms with Crippen molar-refractivity contribution >= 4 is 10.9 Å². The molecule has 3 heteroatoms. The fraction of sp³-hybridized carbons (Fsp3) is 0.429. The SMILES string of the molecule is COc1ccc2c(CC(C)(C)N)c(C)[nH]c2c1. The summed E-state index contributed by atoms with van der Waals surface area (Å²) >= 11 is 0.